The number of hydrogen-bond donors (Lipinski definition) is 1. The summed E-state index contributed by atoms with van der Waals surface area (Å²) in [5.41, 5.74) is -0.108. The predicted octanol–water partition coefficient (Wildman–Crippen LogP) is 6.17. The third kappa shape index (κ3) is 23.4. The molecule has 18 nitrogen and oxygen atoms in total. The molecule has 0 aromatic heterocycles. The third-order valence-corrected chi connectivity index (χ3v) is 10.7. The molecule has 3 amide bonds. The molecule has 1 saturated carbocycles. The summed E-state index contributed by atoms with van der Waals surface area (Å²) in [6, 6.07) is 7.45. The smallest absolute Gasteiger partial charge is 0.333 e. The van der Waals surface area contributed by atoms with Crippen molar-refractivity contribution < 1.29 is 62.1 Å². The van der Waals surface area contributed by atoms with Crippen molar-refractivity contribution >= 4 is 53.3 Å². The van der Waals surface area contributed by atoms with Crippen LogP contribution >= 0.6 is 0 Å². The molecule has 1 heterocycles. The van der Waals surface area contributed by atoms with E-state index >= 15 is 0 Å². The van der Waals surface area contributed by atoms with Gasteiger partial charge in [-0.25, -0.2) is 4.79 Å². The number of likely N-dealkylation sites (N-methyl/N-ethyl adjacent to an activating group) is 2. The number of hydrogen-bond acceptors (Lipinski definition) is 16. The van der Waals surface area contributed by atoms with E-state index < -0.39 is 46.5 Å². The summed E-state index contributed by atoms with van der Waals surface area (Å²) in [4.78, 5) is 107. The Morgan fingerprint density at radius 1 is 0.647 bits per heavy atom. The molecule has 0 unspecified atom stereocenters. The molecule has 2 fully saturated rings. The first kappa shape index (κ1) is 59.2. The van der Waals surface area contributed by atoms with Crippen molar-refractivity contribution in [2.24, 2.45) is 0 Å². The van der Waals surface area contributed by atoms with Crippen LogP contribution in [0.3, 0.4) is 0 Å². The molecule has 384 valence electrons. The predicted molar refractivity (Wildman–Crippen MR) is 256 cm³/mol. The number of imide groups is 1. The van der Waals surface area contributed by atoms with E-state index in [1.165, 1.54) is 0 Å². The number of amides is 3. The van der Waals surface area contributed by atoms with Gasteiger partial charge >= 0.3 is 29.8 Å². The summed E-state index contributed by atoms with van der Waals surface area (Å²) in [5.74, 6) is -3.40. The molecule has 0 bridgehead atoms. The first-order valence-corrected chi connectivity index (χ1v) is 24.1. The number of anilines is 1. The van der Waals surface area contributed by atoms with Gasteiger partial charge in [0.15, 0.2) is 0 Å². The number of esters is 4. The van der Waals surface area contributed by atoms with Crippen molar-refractivity contribution in [2.45, 2.75) is 189 Å². The second-order valence-electron chi connectivity index (χ2n) is 20.2. The van der Waals surface area contributed by atoms with E-state index in [1.807, 2.05) is 60.6 Å². The molecule has 68 heavy (non-hydrogen) atoms. The number of carbonyl (C=O) groups excluding carboxylic acids is 8. The van der Waals surface area contributed by atoms with E-state index in [-0.39, 0.29) is 87.8 Å². The second-order valence-corrected chi connectivity index (χ2v) is 20.2. The minimum Gasteiger partial charge on any atom is -0.465 e. The van der Waals surface area contributed by atoms with Gasteiger partial charge in [0, 0.05) is 49.5 Å². The molecule has 0 radical (unpaired) electrons. The second kappa shape index (κ2) is 27.9. The quantitative estimate of drug-likeness (QED) is 0.0784. The highest BCUT2D eigenvalue weighted by atomic mass is 16.7. The number of carbonyl (C=O) groups is 8. The molecule has 3 atom stereocenters. The highest BCUT2D eigenvalue weighted by molar-refractivity contribution is 6.01. The summed E-state index contributed by atoms with van der Waals surface area (Å²) < 4.78 is 21.5. The van der Waals surface area contributed by atoms with Gasteiger partial charge in [0.2, 0.25) is 5.91 Å². The van der Waals surface area contributed by atoms with Gasteiger partial charge < -0.3 is 29.1 Å². The fourth-order valence-electron chi connectivity index (χ4n) is 7.85. The Kier molecular flexibility index (Phi) is 24.3. The van der Waals surface area contributed by atoms with Gasteiger partial charge in [-0.05, 0) is 133 Å². The first-order valence-electron chi connectivity index (χ1n) is 24.1. The maximum atomic E-state index is 12.4. The topological polar surface area (TPSA) is 208 Å². The largest absolute Gasteiger partial charge is 0.465 e. The van der Waals surface area contributed by atoms with Crippen LogP contribution in [0, 0.1) is 0 Å². The monoisotopic (exact) mass is 960 g/mol. The zero-order chi connectivity index (χ0) is 51.4. The third-order valence-electron chi connectivity index (χ3n) is 10.7. The van der Waals surface area contributed by atoms with Gasteiger partial charge in [0.25, 0.3) is 11.8 Å². The van der Waals surface area contributed by atoms with Crippen LogP contribution in [-0.4, -0.2) is 148 Å². The molecule has 3 rings (SSSR count). The Labute approximate surface area is 404 Å². The van der Waals surface area contributed by atoms with E-state index in [0.29, 0.717) is 30.3 Å². The summed E-state index contributed by atoms with van der Waals surface area (Å²) in [6.07, 6.45) is 5.04. The van der Waals surface area contributed by atoms with Gasteiger partial charge in [-0.2, -0.15) is 0 Å². The maximum absolute atomic E-state index is 12.4. The van der Waals surface area contributed by atoms with Crippen LogP contribution in [0.2, 0.25) is 0 Å². The van der Waals surface area contributed by atoms with Crippen molar-refractivity contribution in [1.29, 1.82) is 0 Å². The van der Waals surface area contributed by atoms with Crippen molar-refractivity contribution in [3.63, 3.8) is 0 Å². The van der Waals surface area contributed by atoms with E-state index in [2.05, 4.69) is 29.0 Å². The summed E-state index contributed by atoms with van der Waals surface area (Å²) >= 11 is 0. The molecule has 1 aliphatic heterocycles. The lowest BCUT2D eigenvalue weighted by molar-refractivity contribution is -0.197. The molecular weight excluding hydrogens is 879 g/mol. The van der Waals surface area contributed by atoms with Gasteiger partial charge in [-0.15, -0.1) is 5.06 Å². The van der Waals surface area contributed by atoms with E-state index in [9.17, 15) is 38.4 Å². The van der Waals surface area contributed by atoms with Gasteiger partial charge in [0.1, 0.15) is 16.8 Å². The molecule has 2 aliphatic rings. The van der Waals surface area contributed by atoms with Gasteiger partial charge in [-0.3, -0.25) is 48.3 Å². The van der Waals surface area contributed by atoms with Crippen LogP contribution in [0.4, 0.5) is 5.69 Å². The Balaban J connectivity index is 0.000000498. The van der Waals surface area contributed by atoms with Crippen LogP contribution in [0.5, 0.6) is 0 Å². The zero-order valence-electron chi connectivity index (χ0n) is 43.2. The Morgan fingerprint density at radius 2 is 1.09 bits per heavy atom. The van der Waals surface area contributed by atoms with Crippen LogP contribution in [0.1, 0.15) is 153 Å². The number of nitrogens with one attached hydrogen (secondary N) is 1. The highest BCUT2D eigenvalue weighted by Crippen LogP contribution is 2.28. The van der Waals surface area contributed by atoms with Crippen LogP contribution in [-0.2, 0) is 68.6 Å². The van der Waals surface area contributed by atoms with Crippen molar-refractivity contribution in [3.05, 3.63) is 29.8 Å². The highest BCUT2D eigenvalue weighted by Gasteiger charge is 2.36. The molecule has 0 spiro atoms. The average Bonchev–Trinajstić information content (AvgIpc) is 3.53. The standard InChI is InChI=1S/C28H39N3O9.C22H42N2O4/c1-6-38-26(36)17-30(18-27(37)39-28(3,4)5)19(2)16-20-10-12-21(13-11-20)29-22(32)8-7-9-25(35)40-31-23(33)14-15-24(31)34;1-9-23(15-19(25)27-21(3,4)5)17-13-11-12-14-18(17)24(10-2)16-20(26)28-22(6,7)8/h10-13,19H,6-9,14-18H2,1-5H3,(H,29,32);17-18H,9-16H2,1-8H3/t19-;17-,18-/m00/s1. The Bertz CT molecular complexity index is 1770. The minimum atomic E-state index is -0.751. The molecule has 1 aliphatic carbocycles. The fraction of sp³-hybridized carbons (Fsp3) is 0.720. The fourth-order valence-corrected chi connectivity index (χ4v) is 7.85. The average molecular weight is 960 g/mol. The maximum Gasteiger partial charge on any atom is 0.333 e. The van der Waals surface area contributed by atoms with Crippen LogP contribution in [0.15, 0.2) is 24.3 Å². The lowest BCUT2D eigenvalue weighted by atomic mass is 9.87. The molecule has 1 aromatic carbocycles. The number of ether oxygens (including phenoxy) is 4. The molecule has 1 N–H and O–H groups in total. The number of benzene rings is 1. The Morgan fingerprint density at radius 3 is 1.51 bits per heavy atom. The number of nitrogens with zero attached hydrogens (tertiary/aromatic N) is 4. The van der Waals surface area contributed by atoms with Crippen LogP contribution < -0.4 is 5.32 Å². The summed E-state index contributed by atoms with van der Waals surface area (Å²) in [5, 5.41) is 3.24. The van der Waals surface area contributed by atoms with E-state index in [1.54, 1.807) is 44.7 Å². The van der Waals surface area contributed by atoms with E-state index in [4.69, 9.17) is 23.8 Å². The summed E-state index contributed by atoms with van der Waals surface area (Å²) in [7, 11) is 0. The number of rotatable bonds is 22. The minimum absolute atomic E-state index is 0.0180. The SMILES string of the molecule is CCN(CC(=O)OC(C)(C)C)[C@H]1CCCC[C@@H]1N(CC)CC(=O)OC(C)(C)C.CCOC(=O)CN(CC(=O)OC(C)(C)C)[C@@H](C)Cc1ccc(NC(=O)CCCC(=O)ON2C(=O)CCC2=O)cc1. The molecule has 1 aromatic rings. The lowest BCUT2D eigenvalue weighted by Crippen LogP contribution is -2.56. The van der Waals surface area contributed by atoms with Crippen molar-refractivity contribution in [1.82, 2.24) is 19.8 Å². The molecule has 1 saturated heterocycles. The van der Waals surface area contributed by atoms with E-state index in [0.717, 1.165) is 44.3 Å². The Hall–Kier alpha value is -4.94. The van der Waals surface area contributed by atoms with Crippen LogP contribution in [0.25, 0.3) is 0 Å². The lowest BCUT2D eigenvalue weighted by Gasteiger charge is -2.44. The van der Waals surface area contributed by atoms with Crippen molar-refractivity contribution in [3.8, 4) is 0 Å². The van der Waals surface area contributed by atoms with Crippen molar-refractivity contribution in [2.75, 3.05) is 51.2 Å². The first-order chi connectivity index (χ1) is 31.6. The van der Waals surface area contributed by atoms with Gasteiger partial charge in [-0.1, -0.05) is 38.8 Å². The summed E-state index contributed by atoms with van der Waals surface area (Å²) in [6.45, 7) is 26.7. The normalized spacial score (nSPS) is 17.0. The number of hydroxylamine groups is 2. The molecule has 18 heteroatoms. The molecular formula is C50H81N5O13. The zero-order valence-corrected chi connectivity index (χ0v) is 43.2. The van der Waals surface area contributed by atoms with Gasteiger partial charge in [0.05, 0.1) is 32.8 Å².